The maximum Gasteiger partial charge on any atom is 0.229 e. The van der Waals surface area contributed by atoms with Crippen LogP contribution in [0.1, 0.15) is 11.3 Å². The SMILES string of the molecule is Cc1cc(Nc2ccccc2C#N)nc(Nc2ccc(F)c(F)c2)n1. The van der Waals surface area contributed by atoms with Gasteiger partial charge in [-0.25, -0.2) is 13.8 Å². The first-order valence-corrected chi connectivity index (χ1v) is 7.39. The summed E-state index contributed by atoms with van der Waals surface area (Å²) in [4.78, 5) is 8.51. The van der Waals surface area contributed by atoms with Crippen LogP contribution in [0.3, 0.4) is 0 Å². The average molecular weight is 337 g/mol. The van der Waals surface area contributed by atoms with Crippen LogP contribution in [0.4, 0.5) is 31.9 Å². The summed E-state index contributed by atoms with van der Waals surface area (Å²) in [6.45, 7) is 1.78. The van der Waals surface area contributed by atoms with Crippen LogP contribution in [0, 0.1) is 29.9 Å². The summed E-state index contributed by atoms with van der Waals surface area (Å²) in [6, 6.07) is 14.3. The van der Waals surface area contributed by atoms with Gasteiger partial charge in [0.2, 0.25) is 5.95 Å². The first-order valence-electron chi connectivity index (χ1n) is 7.39. The molecule has 0 aliphatic heterocycles. The Morgan fingerprint density at radius 1 is 0.960 bits per heavy atom. The summed E-state index contributed by atoms with van der Waals surface area (Å²) in [6.07, 6.45) is 0. The van der Waals surface area contributed by atoms with Gasteiger partial charge in [-0.2, -0.15) is 10.2 Å². The molecule has 3 aromatic rings. The standard InChI is InChI=1S/C18H13F2N5/c1-11-8-17(24-16-5-3-2-4-12(16)10-21)25-18(22-11)23-13-6-7-14(19)15(20)9-13/h2-9H,1H3,(H2,22,23,24,25). The van der Waals surface area contributed by atoms with E-state index in [0.29, 0.717) is 28.5 Å². The molecule has 0 fully saturated rings. The summed E-state index contributed by atoms with van der Waals surface area (Å²) >= 11 is 0. The molecule has 3 rings (SSSR count). The zero-order valence-electron chi connectivity index (χ0n) is 13.2. The van der Waals surface area contributed by atoms with Crippen molar-refractivity contribution in [1.29, 1.82) is 5.26 Å². The largest absolute Gasteiger partial charge is 0.339 e. The van der Waals surface area contributed by atoms with Crippen molar-refractivity contribution in [2.45, 2.75) is 6.92 Å². The number of hydrogen-bond acceptors (Lipinski definition) is 5. The average Bonchev–Trinajstić information content (AvgIpc) is 2.58. The number of aryl methyl sites for hydroxylation is 1. The van der Waals surface area contributed by atoms with Gasteiger partial charge in [-0.1, -0.05) is 12.1 Å². The maximum atomic E-state index is 13.3. The number of nitrogens with one attached hydrogen (secondary N) is 2. The second-order valence-electron chi connectivity index (χ2n) is 5.25. The van der Waals surface area contributed by atoms with Crippen molar-refractivity contribution in [2.75, 3.05) is 10.6 Å². The van der Waals surface area contributed by atoms with E-state index >= 15 is 0 Å². The number of para-hydroxylation sites is 1. The molecule has 0 aliphatic carbocycles. The van der Waals surface area contributed by atoms with E-state index in [1.807, 2.05) is 0 Å². The second-order valence-corrected chi connectivity index (χ2v) is 5.25. The topological polar surface area (TPSA) is 73.6 Å². The van der Waals surface area contributed by atoms with Gasteiger partial charge in [-0.15, -0.1) is 0 Å². The molecule has 0 atom stereocenters. The molecule has 0 radical (unpaired) electrons. The second kappa shape index (κ2) is 6.93. The summed E-state index contributed by atoms with van der Waals surface area (Å²) < 4.78 is 26.3. The van der Waals surface area contributed by atoms with Crippen molar-refractivity contribution >= 4 is 23.1 Å². The molecule has 2 aromatic carbocycles. The monoisotopic (exact) mass is 337 g/mol. The predicted octanol–water partition coefficient (Wildman–Crippen LogP) is 4.42. The van der Waals surface area contributed by atoms with Crippen LogP contribution in [0.15, 0.2) is 48.5 Å². The van der Waals surface area contributed by atoms with Gasteiger partial charge < -0.3 is 10.6 Å². The molecule has 25 heavy (non-hydrogen) atoms. The zero-order valence-corrected chi connectivity index (χ0v) is 13.2. The third-order valence-corrected chi connectivity index (χ3v) is 3.34. The van der Waals surface area contributed by atoms with Crippen LogP contribution in [-0.4, -0.2) is 9.97 Å². The van der Waals surface area contributed by atoms with Crippen molar-refractivity contribution < 1.29 is 8.78 Å². The normalized spacial score (nSPS) is 10.2. The summed E-state index contributed by atoms with van der Waals surface area (Å²) in [5.41, 5.74) is 2.08. The minimum atomic E-state index is -0.959. The minimum absolute atomic E-state index is 0.225. The Bertz CT molecular complexity index is 966. The van der Waals surface area contributed by atoms with Crippen LogP contribution < -0.4 is 10.6 Å². The van der Waals surface area contributed by atoms with E-state index in [2.05, 4.69) is 26.7 Å². The summed E-state index contributed by atoms with van der Waals surface area (Å²) in [5.74, 6) is -1.19. The number of halogens is 2. The number of nitrogens with zero attached hydrogens (tertiary/aromatic N) is 3. The zero-order chi connectivity index (χ0) is 17.8. The van der Waals surface area contributed by atoms with E-state index in [0.717, 1.165) is 12.1 Å². The van der Waals surface area contributed by atoms with E-state index in [-0.39, 0.29) is 5.95 Å². The smallest absolute Gasteiger partial charge is 0.229 e. The van der Waals surface area contributed by atoms with E-state index in [1.54, 1.807) is 37.3 Å². The minimum Gasteiger partial charge on any atom is -0.339 e. The number of anilines is 4. The van der Waals surface area contributed by atoms with Gasteiger partial charge in [-0.3, -0.25) is 0 Å². The van der Waals surface area contributed by atoms with Crippen molar-refractivity contribution in [2.24, 2.45) is 0 Å². The summed E-state index contributed by atoms with van der Waals surface area (Å²) in [5, 5.41) is 15.0. The first-order chi connectivity index (χ1) is 12.0. The molecule has 0 saturated heterocycles. The van der Waals surface area contributed by atoms with Crippen molar-refractivity contribution in [3.8, 4) is 6.07 Å². The number of hydrogen-bond donors (Lipinski definition) is 2. The number of benzene rings is 2. The van der Waals surface area contributed by atoms with Crippen LogP contribution in [-0.2, 0) is 0 Å². The molecule has 0 amide bonds. The molecule has 1 heterocycles. The fraction of sp³-hybridized carbons (Fsp3) is 0.0556. The van der Waals surface area contributed by atoms with Gasteiger partial charge >= 0.3 is 0 Å². The molecule has 1 aromatic heterocycles. The van der Waals surface area contributed by atoms with Gasteiger partial charge in [-0.05, 0) is 31.2 Å². The quantitative estimate of drug-likeness (QED) is 0.737. The van der Waals surface area contributed by atoms with Crippen molar-refractivity contribution in [1.82, 2.24) is 9.97 Å². The van der Waals surface area contributed by atoms with E-state index < -0.39 is 11.6 Å². The Morgan fingerprint density at radius 3 is 2.52 bits per heavy atom. The number of nitriles is 1. The molecule has 5 nitrogen and oxygen atoms in total. The van der Waals surface area contributed by atoms with Crippen LogP contribution >= 0.6 is 0 Å². The molecule has 0 saturated carbocycles. The molecule has 2 N–H and O–H groups in total. The van der Waals surface area contributed by atoms with Gasteiger partial charge in [0.25, 0.3) is 0 Å². The maximum absolute atomic E-state index is 13.3. The Kier molecular flexibility index (Phi) is 4.53. The molecule has 124 valence electrons. The van der Waals surface area contributed by atoms with Crippen LogP contribution in [0.25, 0.3) is 0 Å². The Labute approximate surface area is 143 Å². The van der Waals surface area contributed by atoms with E-state index in [9.17, 15) is 8.78 Å². The lowest BCUT2D eigenvalue weighted by Gasteiger charge is -2.11. The predicted molar refractivity (Wildman–Crippen MR) is 90.8 cm³/mol. The molecule has 0 aliphatic rings. The lowest BCUT2D eigenvalue weighted by atomic mass is 10.2. The molecular formula is C18H13F2N5. The van der Waals surface area contributed by atoms with Gasteiger partial charge in [0.1, 0.15) is 11.9 Å². The number of aromatic nitrogens is 2. The first kappa shape index (κ1) is 16.3. The Hall–Kier alpha value is -3.53. The third-order valence-electron chi connectivity index (χ3n) is 3.34. The highest BCUT2D eigenvalue weighted by Gasteiger charge is 2.08. The molecule has 0 spiro atoms. The fourth-order valence-electron chi connectivity index (χ4n) is 2.22. The third kappa shape index (κ3) is 3.87. The van der Waals surface area contributed by atoms with E-state index in [1.165, 1.54) is 6.07 Å². The van der Waals surface area contributed by atoms with Crippen LogP contribution in [0.2, 0.25) is 0 Å². The number of rotatable bonds is 4. The Balaban J connectivity index is 1.88. The van der Waals surface area contributed by atoms with Crippen molar-refractivity contribution in [3.63, 3.8) is 0 Å². The van der Waals surface area contributed by atoms with Gasteiger partial charge in [0, 0.05) is 23.5 Å². The molecule has 0 unspecified atom stereocenters. The Morgan fingerprint density at radius 2 is 1.76 bits per heavy atom. The van der Waals surface area contributed by atoms with Crippen LogP contribution in [0.5, 0.6) is 0 Å². The molecule has 0 bridgehead atoms. The lowest BCUT2D eigenvalue weighted by Crippen LogP contribution is -2.03. The highest BCUT2D eigenvalue weighted by Crippen LogP contribution is 2.22. The lowest BCUT2D eigenvalue weighted by molar-refractivity contribution is 0.509. The van der Waals surface area contributed by atoms with Gasteiger partial charge in [0.15, 0.2) is 11.6 Å². The fourth-order valence-corrected chi connectivity index (χ4v) is 2.22. The summed E-state index contributed by atoms with van der Waals surface area (Å²) in [7, 11) is 0. The molecule has 7 heteroatoms. The van der Waals surface area contributed by atoms with Gasteiger partial charge in [0.05, 0.1) is 11.3 Å². The highest BCUT2D eigenvalue weighted by molar-refractivity contribution is 5.65. The van der Waals surface area contributed by atoms with E-state index in [4.69, 9.17) is 5.26 Å². The molecular weight excluding hydrogens is 324 g/mol. The van der Waals surface area contributed by atoms with Crippen molar-refractivity contribution in [3.05, 3.63) is 71.4 Å². The highest BCUT2D eigenvalue weighted by atomic mass is 19.2.